The normalized spacial score (nSPS) is 21.5. The fourth-order valence-electron chi connectivity index (χ4n) is 2.70. The van der Waals surface area contributed by atoms with Crippen molar-refractivity contribution in [1.82, 2.24) is 10.2 Å². The Labute approximate surface area is 113 Å². The Morgan fingerprint density at radius 2 is 2.21 bits per heavy atom. The lowest BCUT2D eigenvalue weighted by atomic mass is 9.99. The monoisotopic (exact) mass is 264 g/mol. The molecule has 0 aliphatic carbocycles. The van der Waals surface area contributed by atoms with Crippen LogP contribution in [0.2, 0.25) is 0 Å². The molecule has 19 heavy (non-hydrogen) atoms. The molecular formula is C15H21FN2O. The molecule has 1 fully saturated rings. The minimum atomic E-state index is -0.242. The van der Waals surface area contributed by atoms with E-state index in [1.54, 1.807) is 17.0 Å². The molecule has 1 aromatic carbocycles. The summed E-state index contributed by atoms with van der Waals surface area (Å²) in [5, 5.41) is 3.20. The number of nitrogens with zero attached hydrogens (tertiary/aromatic N) is 1. The van der Waals surface area contributed by atoms with Crippen molar-refractivity contribution in [3.05, 3.63) is 35.6 Å². The Bertz CT molecular complexity index is 448. The van der Waals surface area contributed by atoms with Crippen molar-refractivity contribution >= 4 is 5.91 Å². The van der Waals surface area contributed by atoms with Crippen LogP contribution < -0.4 is 5.32 Å². The molecule has 1 amide bonds. The van der Waals surface area contributed by atoms with E-state index >= 15 is 0 Å². The zero-order valence-corrected chi connectivity index (χ0v) is 11.5. The molecule has 1 aliphatic rings. The summed E-state index contributed by atoms with van der Waals surface area (Å²) in [6.07, 6.45) is 1.83. The highest BCUT2D eigenvalue weighted by atomic mass is 19.1. The summed E-state index contributed by atoms with van der Waals surface area (Å²) >= 11 is 0. The van der Waals surface area contributed by atoms with Crippen molar-refractivity contribution in [2.24, 2.45) is 0 Å². The van der Waals surface area contributed by atoms with E-state index in [1.807, 2.05) is 19.9 Å². The molecular weight excluding hydrogens is 243 g/mol. The van der Waals surface area contributed by atoms with E-state index in [0.717, 1.165) is 19.4 Å². The van der Waals surface area contributed by atoms with Gasteiger partial charge in [-0.05, 0) is 32.4 Å². The molecule has 2 unspecified atom stereocenters. The van der Waals surface area contributed by atoms with Crippen molar-refractivity contribution in [2.45, 2.75) is 38.8 Å². The Kier molecular flexibility index (Phi) is 4.53. The molecule has 0 saturated carbocycles. The van der Waals surface area contributed by atoms with E-state index in [9.17, 15) is 9.18 Å². The minimum absolute atomic E-state index is 0.0869. The number of piperidine rings is 1. The predicted octanol–water partition coefficient (Wildman–Crippen LogP) is 2.49. The van der Waals surface area contributed by atoms with Gasteiger partial charge in [-0.3, -0.25) is 4.79 Å². The second kappa shape index (κ2) is 6.15. The molecule has 2 atom stereocenters. The Hall–Kier alpha value is -1.42. The number of benzene rings is 1. The zero-order chi connectivity index (χ0) is 13.8. The number of carbonyl (C=O) groups excluding carboxylic acids is 1. The van der Waals surface area contributed by atoms with Gasteiger partial charge in [-0.2, -0.15) is 0 Å². The number of nitrogens with one attached hydrogen (secondary N) is 1. The maximum absolute atomic E-state index is 13.8. The van der Waals surface area contributed by atoms with Gasteiger partial charge in [0.2, 0.25) is 5.91 Å². The van der Waals surface area contributed by atoms with Crippen molar-refractivity contribution in [2.75, 3.05) is 13.1 Å². The molecule has 0 spiro atoms. The summed E-state index contributed by atoms with van der Waals surface area (Å²) in [5.74, 6) is -0.155. The van der Waals surface area contributed by atoms with Crippen molar-refractivity contribution in [3.63, 3.8) is 0 Å². The first-order valence-corrected chi connectivity index (χ1v) is 6.93. The largest absolute Gasteiger partial charge is 0.334 e. The van der Waals surface area contributed by atoms with E-state index in [2.05, 4.69) is 5.32 Å². The molecule has 1 saturated heterocycles. The highest BCUT2D eigenvalue weighted by Crippen LogP contribution is 2.26. The van der Waals surface area contributed by atoms with Crippen LogP contribution in [-0.4, -0.2) is 29.9 Å². The van der Waals surface area contributed by atoms with Crippen LogP contribution in [0.25, 0.3) is 0 Å². The van der Waals surface area contributed by atoms with Gasteiger partial charge < -0.3 is 10.2 Å². The molecule has 104 valence electrons. The second-order valence-corrected chi connectivity index (χ2v) is 4.98. The Balaban J connectivity index is 2.16. The van der Waals surface area contributed by atoms with Crippen LogP contribution in [-0.2, 0) is 4.79 Å². The van der Waals surface area contributed by atoms with Gasteiger partial charge in [-0.1, -0.05) is 25.1 Å². The summed E-state index contributed by atoms with van der Waals surface area (Å²) in [6.45, 7) is 5.37. The summed E-state index contributed by atoms with van der Waals surface area (Å²) in [4.78, 5) is 14.2. The summed E-state index contributed by atoms with van der Waals surface area (Å²) in [6, 6.07) is 6.35. The van der Waals surface area contributed by atoms with Crippen LogP contribution in [0.3, 0.4) is 0 Å². The molecule has 1 N–H and O–H groups in total. The third kappa shape index (κ3) is 2.95. The SMILES string of the molecule is CCNC1CCCN(C(C)c2ccccc2F)C1=O. The zero-order valence-electron chi connectivity index (χ0n) is 11.5. The highest BCUT2D eigenvalue weighted by Gasteiger charge is 2.32. The number of carbonyl (C=O) groups is 1. The number of likely N-dealkylation sites (tertiary alicyclic amines) is 1. The Morgan fingerprint density at radius 1 is 1.47 bits per heavy atom. The fraction of sp³-hybridized carbons (Fsp3) is 0.533. The van der Waals surface area contributed by atoms with Crippen LogP contribution in [0.15, 0.2) is 24.3 Å². The topological polar surface area (TPSA) is 32.3 Å². The average Bonchev–Trinajstić information content (AvgIpc) is 2.41. The van der Waals surface area contributed by atoms with Gasteiger partial charge in [0.25, 0.3) is 0 Å². The maximum atomic E-state index is 13.8. The first kappa shape index (κ1) is 14.0. The van der Waals surface area contributed by atoms with Gasteiger partial charge in [0.05, 0.1) is 12.1 Å². The molecule has 2 rings (SSSR count). The van der Waals surface area contributed by atoms with Crippen molar-refractivity contribution < 1.29 is 9.18 Å². The van der Waals surface area contributed by atoms with E-state index in [-0.39, 0.29) is 23.8 Å². The van der Waals surface area contributed by atoms with Gasteiger partial charge in [0, 0.05) is 12.1 Å². The minimum Gasteiger partial charge on any atom is -0.334 e. The van der Waals surface area contributed by atoms with E-state index in [4.69, 9.17) is 0 Å². The van der Waals surface area contributed by atoms with Crippen molar-refractivity contribution in [1.29, 1.82) is 0 Å². The maximum Gasteiger partial charge on any atom is 0.240 e. The molecule has 1 aromatic rings. The van der Waals surface area contributed by atoms with Crippen LogP contribution in [0.1, 0.15) is 38.3 Å². The van der Waals surface area contributed by atoms with Crippen molar-refractivity contribution in [3.8, 4) is 0 Å². The lowest BCUT2D eigenvalue weighted by Gasteiger charge is -2.37. The van der Waals surface area contributed by atoms with Crippen LogP contribution in [0, 0.1) is 5.82 Å². The molecule has 0 bridgehead atoms. The van der Waals surface area contributed by atoms with Crippen LogP contribution in [0.5, 0.6) is 0 Å². The molecule has 1 heterocycles. The fourth-order valence-corrected chi connectivity index (χ4v) is 2.70. The number of amides is 1. The van der Waals surface area contributed by atoms with E-state index in [1.165, 1.54) is 6.07 Å². The first-order chi connectivity index (χ1) is 9.15. The number of likely N-dealkylation sites (N-methyl/N-ethyl adjacent to an activating group) is 1. The predicted molar refractivity (Wildman–Crippen MR) is 73.2 cm³/mol. The number of hydrogen-bond donors (Lipinski definition) is 1. The smallest absolute Gasteiger partial charge is 0.240 e. The molecule has 1 aliphatic heterocycles. The number of hydrogen-bond acceptors (Lipinski definition) is 2. The summed E-state index contributed by atoms with van der Waals surface area (Å²) < 4.78 is 13.8. The third-order valence-electron chi connectivity index (χ3n) is 3.75. The van der Waals surface area contributed by atoms with Gasteiger partial charge >= 0.3 is 0 Å². The van der Waals surface area contributed by atoms with Crippen LogP contribution in [0.4, 0.5) is 4.39 Å². The van der Waals surface area contributed by atoms with Gasteiger partial charge in [0.15, 0.2) is 0 Å². The highest BCUT2D eigenvalue weighted by molar-refractivity contribution is 5.83. The molecule has 0 aromatic heterocycles. The standard InChI is InChI=1S/C15H21FN2O/c1-3-17-14-9-6-10-18(15(14)19)11(2)12-7-4-5-8-13(12)16/h4-5,7-8,11,14,17H,3,6,9-10H2,1-2H3. The third-order valence-corrected chi connectivity index (χ3v) is 3.75. The van der Waals surface area contributed by atoms with E-state index in [0.29, 0.717) is 12.1 Å². The van der Waals surface area contributed by atoms with Gasteiger partial charge in [-0.25, -0.2) is 4.39 Å². The van der Waals surface area contributed by atoms with Gasteiger partial charge in [0.1, 0.15) is 5.82 Å². The first-order valence-electron chi connectivity index (χ1n) is 6.93. The van der Waals surface area contributed by atoms with E-state index < -0.39 is 0 Å². The molecule has 3 nitrogen and oxygen atoms in total. The summed E-state index contributed by atoms with van der Waals surface area (Å²) in [5.41, 5.74) is 0.591. The lowest BCUT2D eigenvalue weighted by molar-refractivity contribution is -0.138. The average molecular weight is 264 g/mol. The second-order valence-electron chi connectivity index (χ2n) is 4.98. The Morgan fingerprint density at radius 3 is 2.89 bits per heavy atom. The number of halogens is 1. The quantitative estimate of drug-likeness (QED) is 0.906. The van der Waals surface area contributed by atoms with Crippen LogP contribution >= 0.6 is 0 Å². The summed E-state index contributed by atoms with van der Waals surface area (Å²) in [7, 11) is 0. The molecule has 0 radical (unpaired) electrons. The molecule has 4 heteroatoms. The number of rotatable bonds is 4. The van der Waals surface area contributed by atoms with Gasteiger partial charge in [-0.15, -0.1) is 0 Å². The lowest BCUT2D eigenvalue weighted by Crippen LogP contribution is -2.51.